The third kappa shape index (κ3) is 57.8. The summed E-state index contributed by atoms with van der Waals surface area (Å²) in [7, 11) is -9.88. The number of carbonyl (C=O) groups excluding carboxylic acids is 4. The quantitative estimate of drug-likeness (QED) is 0.0222. The average molecular weight is 1240 g/mol. The summed E-state index contributed by atoms with van der Waals surface area (Å²) in [4.78, 5) is 72.0. The molecule has 0 saturated carbocycles. The molecular formula is C65H126O17P2. The monoisotopic (exact) mass is 1240 g/mol. The first-order chi connectivity index (χ1) is 40.4. The molecule has 3 N–H and O–H groups in total. The molecule has 0 spiro atoms. The maximum absolute atomic E-state index is 13.0. The van der Waals surface area contributed by atoms with E-state index < -0.39 is 97.5 Å². The van der Waals surface area contributed by atoms with Crippen LogP contribution in [-0.4, -0.2) is 96.7 Å². The van der Waals surface area contributed by atoms with E-state index in [1.54, 1.807) is 0 Å². The summed E-state index contributed by atoms with van der Waals surface area (Å²) in [6.45, 7) is 9.35. The van der Waals surface area contributed by atoms with Crippen LogP contribution in [0.1, 0.15) is 324 Å². The van der Waals surface area contributed by atoms with Crippen molar-refractivity contribution in [3.8, 4) is 0 Å². The smallest absolute Gasteiger partial charge is 0.462 e. The van der Waals surface area contributed by atoms with Gasteiger partial charge in [0.25, 0.3) is 0 Å². The van der Waals surface area contributed by atoms with Gasteiger partial charge in [0.05, 0.1) is 26.4 Å². The zero-order valence-corrected chi connectivity index (χ0v) is 56.0. The number of phosphoric acid groups is 2. The van der Waals surface area contributed by atoms with E-state index in [4.69, 9.17) is 37.0 Å². The van der Waals surface area contributed by atoms with Crippen molar-refractivity contribution in [1.29, 1.82) is 0 Å². The number of unbranched alkanes of at least 4 members (excludes halogenated alkanes) is 33. The van der Waals surface area contributed by atoms with Crippen LogP contribution in [0.15, 0.2) is 0 Å². The molecule has 0 aliphatic rings. The van der Waals surface area contributed by atoms with E-state index >= 15 is 0 Å². The maximum Gasteiger partial charge on any atom is 0.472 e. The van der Waals surface area contributed by atoms with Crippen molar-refractivity contribution < 1.29 is 80.2 Å². The Morgan fingerprint density at radius 3 is 0.905 bits per heavy atom. The Labute approximate surface area is 511 Å². The third-order valence-electron chi connectivity index (χ3n) is 15.3. The van der Waals surface area contributed by atoms with Crippen LogP contribution < -0.4 is 0 Å². The molecule has 0 aromatic rings. The van der Waals surface area contributed by atoms with E-state index in [0.29, 0.717) is 31.6 Å². The highest BCUT2D eigenvalue weighted by molar-refractivity contribution is 7.47. The number of hydrogen-bond donors (Lipinski definition) is 3. The molecule has 0 aromatic carbocycles. The number of ether oxygens (including phenoxy) is 4. The summed E-state index contributed by atoms with van der Waals surface area (Å²) in [5.41, 5.74) is 0. The van der Waals surface area contributed by atoms with Gasteiger partial charge in [-0.2, -0.15) is 0 Å². The van der Waals surface area contributed by atoms with Crippen LogP contribution in [0, 0.1) is 11.8 Å². The Kier molecular flexibility index (Phi) is 56.2. The van der Waals surface area contributed by atoms with E-state index in [9.17, 15) is 43.2 Å². The number of esters is 4. The third-order valence-corrected chi connectivity index (χ3v) is 17.2. The summed E-state index contributed by atoms with van der Waals surface area (Å²) in [5.74, 6) is -0.667. The second-order valence-electron chi connectivity index (χ2n) is 24.2. The maximum atomic E-state index is 13.0. The van der Waals surface area contributed by atoms with Crippen LogP contribution in [0.5, 0.6) is 0 Å². The lowest BCUT2D eigenvalue weighted by Crippen LogP contribution is -2.30. The number of aliphatic hydroxyl groups is 1. The summed E-state index contributed by atoms with van der Waals surface area (Å²) in [6.07, 6.45) is 40.8. The minimum atomic E-state index is -4.95. The molecule has 0 rings (SSSR count). The van der Waals surface area contributed by atoms with Crippen molar-refractivity contribution >= 4 is 39.5 Å². The van der Waals surface area contributed by atoms with Crippen molar-refractivity contribution in [3.05, 3.63) is 0 Å². The van der Waals surface area contributed by atoms with Crippen molar-refractivity contribution in [2.75, 3.05) is 39.6 Å². The van der Waals surface area contributed by atoms with Crippen molar-refractivity contribution in [3.63, 3.8) is 0 Å². The summed E-state index contributed by atoms with van der Waals surface area (Å²) in [5, 5.41) is 10.5. The zero-order valence-electron chi connectivity index (χ0n) is 54.2. The molecule has 0 bridgehead atoms. The Balaban J connectivity index is 5.17. The predicted molar refractivity (Wildman–Crippen MR) is 335 cm³/mol. The molecule has 0 amide bonds. The average Bonchev–Trinajstić information content (AvgIpc) is 3.47. The summed E-state index contributed by atoms with van der Waals surface area (Å²) in [6, 6.07) is 0. The molecule has 0 fully saturated rings. The Morgan fingerprint density at radius 1 is 0.345 bits per heavy atom. The molecular weight excluding hydrogens is 1110 g/mol. The molecule has 84 heavy (non-hydrogen) atoms. The molecule has 0 radical (unpaired) electrons. The number of aliphatic hydroxyl groups excluding tert-OH is 1. The van der Waals surface area contributed by atoms with Gasteiger partial charge in [-0.05, 0) is 37.5 Å². The highest BCUT2D eigenvalue weighted by atomic mass is 31.2. The number of hydrogen-bond acceptors (Lipinski definition) is 15. The highest BCUT2D eigenvalue weighted by Crippen LogP contribution is 2.45. The lowest BCUT2D eigenvalue weighted by Gasteiger charge is -2.21. The molecule has 0 aliphatic heterocycles. The number of rotatable bonds is 64. The molecule has 0 heterocycles. The van der Waals surface area contributed by atoms with Gasteiger partial charge in [-0.1, -0.05) is 273 Å². The van der Waals surface area contributed by atoms with Crippen LogP contribution >= 0.6 is 15.6 Å². The van der Waals surface area contributed by atoms with Crippen LogP contribution in [0.25, 0.3) is 0 Å². The molecule has 6 atom stereocenters. The van der Waals surface area contributed by atoms with Crippen LogP contribution in [-0.2, 0) is 65.4 Å². The number of carbonyl (C=O) groups is 4. The second-order valence-corrected chi connectivity index (χ2v) is 27.1. The van der Waals surface area contributed by atoms with Gasteiger partial charge in [-0.25, -0.2) is 9.13 Å². The lowest BCUT2D eigenvalue weighted by atomic mass is 9.99. The SMILES string of the molecule is CCCCCCCCCCCCCCCCCCC(=O)O[C@H](COC(=O)CCCCCCCCCCCCC(C)CC)COP(=O)(O)OC[C@@H](O)COP(=O)(O)OC[C@@H](COC(=O)CCCCCCC)OC(=O)CCCCCCCCC(C)C. The van der Waals surface area contributed by atoms with Crippen molar-refractivity contribution in [1.82, 2.24) is 0 Å². The minimum Gasteiger partial charge on any atom is -0.462 e. The Bertz CT molecular complexity index is 1650. The predicted octanol–water partition coefficient (Wildman–Crippen LogP) is 18.0. The Morgan fingerprint density at radius 2 is 0.607 bits per heavy atom. The van der Waals surface area contributed by atoms with E-state index in [-0.39, 0.29) is 25.7 Å². The lowest BCUT2D eigenvalue weighted by molar-refractivity contribution is -0.161. The fraction of sp³-hybridized carbons (Fsp3) is 0.938. The molecule has 0 saturated heterocycles. The fourth-order valence-corrected chi connectivity index (χ4v) is 11.3. The minimum absolute atomic E-state index is 0.101. The van der Waals surface area contributed by atoms with E-state index in [2.05, 4.69) is 41.5 Å². The number of phosphoric ester groups is 2. The van der Waals surface area contributed by atoms with Gasteiger partial charge in [0.2, 0.25) is 0 Å². The Hall–Kier alpha value is -1.94. The van der Waals surface area contributed by atoms with Gasteiger partial charge in [0, 0.05) is 25.7 Å². The fourth-order valence-electron chi connectivity index (χ4n) is 9.68. The standard InChI is InChI=1S/C65H126O17P2/c1-7-10-12-14-15-16-17-18-19-20-21-22-27-30-37-43-49-64(69)81-61(54-76-63(68)48-42-36-29-26-24-23-25-28-35-40-46-58(6)9-3)56-80-84(73,74)78-52-59(66)51-77-83(71,72)79-55-60(53-75-62(67)47-41-33-13-11-8-2)82-65(70)50-44-38-32-31-34-39-45-57(4)5/h57-61,66H,7-56H2,1-6H3,(H,71,72)(H,73,74)/t58?,59-,60+,61+/m0/s1. The van der Waals surface area contributed by atoms with Gasteiger partial charge < -0.3 is 33.8 Å². The van der Waals surface area contributed by atoms with Gasteiger partial charge in [0.15, 0.2) is 12.2 Å². The molecule has 17 nitrogen and oxygen atoms in total. The van der Waals surface area contributed by atoms with E-state index in [1.807, 2.05) is 0 Å². The van der Waals surface area contributed by atoms with E-state index in [0.717, 1.165) is 102 Å². The molecule has 498 valence electrons. The van der Waals surface area contributed by atoms with Crippen molar-refractivity contribution in [2.24, 2.45) is 11.8 Å². The van der Waals surface area contributed by atoms with Crippen LogP contribution in [0.4, 0.5) is 0 Å². The summed E-state index contributed by atoms with van der Waals surface area (Å²) >= 11 is 0. The van der Waals surface area contributed by atoms with Crippen molar-refractivity contribution in [2.45, 2.75) is 342 Å². The van der Waals surface area contributed by atoms with Gasteiger partial charge in [-0.15, -0.1) is 0 Å². The molecule has 19 heteroatoms. The first-order valence-electron chi connectivity index (χ1n) is 34.0. The van der Waals surface area contributed by atoms with Gasteiger partial charge in [-0.3, -0.25) is 37.3 Å². The summed E-state index contributed by atoms with van der Waals surface area (Å²) < 4.78 is 67.8. The first kappa shape index (κ1) is 82.1. The van der Waals surface area contributed by atoms with E-state index in [1.165, 1.54) is 135 Å². The first-order valence-corrected chi connectivity index (χ1v) is 37.0. The molecule has 0 aromatic heterocycles. The topological polar surface area (TPSA) is 237 Å². The largest absolute Gasteiger partial charge is 0.472 e. The normalized spacial score (nSPS) is 14.6. The van der Waals surface area contributed by atoms with Crippen LogP contribution in [0.3, 0.4) is 0 Å². The molecule has 0 aliphatic carbocycles. The zero-order chi connectivity index (χ0) is 62.2. The van der Waals surface area contributed by atoms with Gasteiger partial charge in [0.1, 0.15) is 19.3 Å². The van der Waals surface area contributed by atoms with Crippen LogP contribution in [0.2, 0.25) is 0 Å². The molecule has 3 unspecified atom stereocenters. The highest BCUT2D eigenvalue weighted by Gasteiger charge is 2.30. The second kappa shape index (κ2) is 57.5. The van der Waals surface area contributed by atoms with Gasteiger partial charge >= 0.3 is 39.5 Å².